The first-order valence-corrected chi connectivity index (χ1v) is 23.9. The van der Waals surface area contributed by atoms with Crippen LogP contribution in [0, 0.1) is 0 Å². The summed E-state index contributed by atoms with van der Waals surface area (Å²) >= 11 is 0. The lowest BCUT2D eigenvalue weighted by Gasteiger charge is -2.19. The van der Waals surface area contributed by atoms with Gasteiger partial charge in [-0.05, 0) is 48.9 Å². The van der Waals surface area contributed by atoms with Crippen molar-refractivity contribution in [1.82, 2.24) is 0 Å². The summed E-state index contributed by atoms with van der Waals surface area (Å²) in [7, 11) is 0. The summed E-state index contributed by atoms with van der Waals surface area (Å²) in [5.74, 6) is 2.93. The quantitative estimate of drug-likeness (QED) is 0.0342. The van der Waals surface area contributed by atoms with Gasteiger partial charge in [-0.1, -0.05) is 206 Å². The molecule has 0 aliphatic rings. The summed E-state index contributed by atoms with van der Waals surface area (Å²) in [6.07, 6.45) is 40.0. The summed E-state index contributed by atoms with van der Waals surface area (Å²) in [4.78, 5) is 0. The Labute approximate surface area is 338 Å². The van der Waals surface area contributed by atoms with Gasteiger partial charge < -0.3 is 14.2 Å². The lowest BCUT2D eigenvalue weighted by Crippen LogP contribution is -2.02. The maximum absolute atomic E-state index is 6.65. The largest absolute Gasteiger partial charge is 0.493 e. The molecular formula is C52H82O3. The Kier molecular flexibility index (Phi) is 23.5. The van der Waals surface area contributed by atoms with Crippen molar-refractivity contribution in [2.24, 2.45) is 0 Å². The fourth-order valence-electron chi connectivity index (χ4n) is 8.49. The van der Waals surface area contributed by atoms with Crippen LogP contribution < -0.4 is 14.2 Å². The zero-order chi connectivity index (χ0) is 38.6. The van der Waals surface area contributed by atoms with Gasteiger partial charge in [-0.25, -0.2) is 0 Å². The van der Waals surface area contributed by atoms with E-state index in [0.717, 1.165) is 56.3 Å². The van der Waals surface area contributed by atoms with E-state index >= 15 is 0 Å². The number of hydrogen-bond donors (Lipinski definition) is 0. The summed E-state index contributed by atoms with van der Waals surface area (Å²) in [6.45, 7) is 9.17. The molecule has 0 saturated heterocycles. The summed E-state index contributed by atoms with van der Waals surface area (Å²) < 4.78 is 19.8. The summed E-state index contributed by atoms with van der Waals surface area (Å²) in [5.41, 5.74) is 0. The SMILES string of the molecule is CCCCCCCCCCCCOc1ccc2ccc3c(OCCCCCCCCCCCC)cc(OCCCCCCCCCCCC)c4ccc1c2c34. The van der Waals surface area contributed by atoms with Crippen molar-refractivity contribution >= 4 is 32.3 Å². The molecule has 0 aliphatic carbocycles. The molecule has 0 aliphatic heterocycles. The van der Waals surface area contributed by atoms with E-state index < -0.39 is 0 Å². The Balaban J connectivity index is 1.36. The second-order valence-electron chi connectivity index (χ2n) is 16.8. The number of rotatable bonds is 36. The molecule has 0 unspecified atom stereocenters. The van der Waals surface area contributed by atoms with Crippen LogP contribution in [0.25, 0.3) is 32.3 Å². The molecule has 55 heavy (non-hydrogen) atoms. The molecule has 4 rings (SSSR count). The fourth-order valence-corrected chi connectivity index (χ4v) is 8.49. The minimum absolute atomic E-state index is 0.756. The first-order valence-electron chi connectivity index (χ1n) is 23.9. The molecule has 308 valence electrons. The molecule has 3 heteroatoms. The first kappa shape index (κ1) is 45.0. The Hall–Kier alpha value is -2.68. The smallest absolute Gasteiger partial charge is 0.130 e. The van der Waals surface area contributed by atoms with Crippen LogP contribution in [0.4, 0.5) is 0 Å². The van der Waals surface area contributed by atoms with Crippen molar-refractivity contribution in [2.75, 3.05) is 19.8 Å². The highest BCUT2D eigenvalue weighted by Gasteiger charge is 2.18. The number of benzene rings is 4. The highest BCUT2D eigenvalue weighted by Crippen LogP contribution is 2.45. The molecule has 0 atom stereocenters. The zero-order valence-corrected chi connectivity index (χ0v) is 36.1. The molecule has 0 radical (unpaired) electrons. The number of unbranched alkanes of at least 4 members (excludes halogenated alkanes) is 27. The van der Waals surface area contributed by atoms with Crippen LogP contribution in [0.15, 0.2) is 42.5 Å². The van der Waals surface area contributed by atoms with E-state index in [0.29, 0.717) is 0 Å². The van der Waals surface area contributed by atoms with E-state index in [4.69, 9.17) is 14.2 Å². The maximum Gasteiger partial charge on any atom is 0.130 e. The molecular weight excluding hydrogens is 673 g/mol. The van der Waals surface area contributed by atoms with E-state index in [9.17, 15) is 0 Å². The molecule has 0 amide bonds. The van der Waals surface area contributed by atoms with Gasteiger partial charge in [-0.2, -0.15) is 0 Å². The van der Waals surface area contributed by atoms with Crippen LogP contribution in [-0.4, -0.2) is 19.8 Å². The highest BCUT2D eigenvalue weighted by molar-refractivity contribution is 6.26. The Bertz CT molecular complexity index is 1480. The second-order valence-corrected chi connectivity index (χ2v) is 16.8. The van der Waals surface area contributed by atoms with E-state index in [1.165, 1.54) is 206 Å². The molecule has 3 nitrogen and oxygen atoms in total. The Morgan fingerprint density at radius 3 is 0.964 bits per heavy atom. The van der Waals surface area contributed by atoms with Crippen molar-refractivity contribution in [2.45, 2.75) is 213 Å². The zero-order valence-electron chi connectivity index (χ0n) is 36.1. The van der Waals surface area contributed by atoms with E-state index in [2.05, 4.69) is 63.2 Å². The third kappa shape index (κ3) is 16.4. The first-order chi connectivity index (χ1) is 27.3. The van der Waals surface area contributed by atoms with Gasteiger partial charge >= 0.3 is 0 Å². The standard InChI is InChI=1S/C52H82O3/c1-4-7-10-13-16-19-22-25-28-31-40-53-48-39-35-44-34-36-46-49(54-41-32-29-26-23-20-17-14-11-8-5-2)43-50(47-38-37-45(48)51(44)52(46)47)55-42-33-30-27-24-21-18-15-12-9-6-3/h34-39,43H,4-33,40-42H2,1-3H3. The van der Waals surface area contributed by atoms with Crippen molar-refractivity contribution in [3.63, 3.8) is 0 Å². The lowest BCUT2D eigenvalue weighted by atomic mass is 9.93. The molecule has 0 aromatic heterocycles. The third-order valence-electron chi connectivity index (χ3n) is 11.9. The molecule has 0 fully saturated rings. The molecule has 0 N–H and O–H groups in total. The molecule has 0 saturated carbocycles. The second kappa shape index (κ2) is 28.7. The Morgan fingerprint density at radius 1 is 0.291 bits per heavy atom. The van der Waals surface area contributed by atoms with Crippen molar-refractivity contribution in [1.29, 1.82) is 0 Å². The van der Waals surface area contributed by atoms with Crippen LogP contribution in [0.3, 0.4) is 0 Å². The molecule has 0 spiro atoms. The van der Waals surface area contributed by atoms with E-state index in [1.807, 2.05) is 0 Å². The summed E-state index contributed by atoms with van der Waals surface area (Å²) in [5, 5.41) is 7.39. The van der Waals surface area contributed by atoms with Crippen LogP contribution in [-0.2, 0) is 0 Å². The van der Waals surface area contributed by atoms with E-state index in [-0.39, 0.29) is 0 Å². The molecule has 4 aromatic rings. The van der Waals surface area contributed by atoms with Gasteiger partial charge in [0, 0.05) is 33.0 Å². The molecule has 4 aromatic carbocycles. The fraction of sp³-hybridized carbons (Fsp3) is 0.692. The average molecular weight is 755 g/mol. The molecule has 0 bridgehead atoms. The average Bonchev–Trinajstić information content (AvgIpc) is 3.21. The topological polar surface area (TPSA) is 27.7 Å². The van der Waals surface area contributed by atoms with Crippen LogP contribution in [0.5, 0.6) is 17.2 Å². The van der Waals surface area contributed by atoms with Crippen LogP contribution in [0.1, 0.15) is 213 Å². The number of hydrogen-bond acceptors (Lipinski definition) is 3. The van der Waals surface area contributed by atoms with Crippen molar-refractivity contribution in [3.8, 4) is 17.2 Å². The van der Waals surface area contributed by atoms with E-state index in [1.54, 1.807) is 0 Å². The van der Waals surface area contributed by atoms with Crippen LogP contribution in [0.2, 0.25) is 0 Å². The van der Waals surface area contributed by atoms with Gasteiger partial charge in [-0.3, -0.25) is 0 Å². The van der Waals surface area contributed by atoms with Crippen molar-refractivity contribution in [3.05, 3.63) is 42.5 Å². The molecule has 0 heterocycles. The third-order valence-corrected chi connectivity index (χ3v) is 11.9. The van der Waals surface area contributed by atoms with Gasteiger partial charge in [0.1, 0.15) is 17.2 Å². The normalized spacial score (nSPS) is 11.8. The van der Waals surface area contributed by atoms with Crippen LogP contribution >= 0.6 is 0 Å². The van der Waals surface area contributed by atoms with Gasteiger partial charge in [0.25, 0.3) is 0 Å². The minimum atomic E-state index is 0.756. The minimum Gasteiger partial charge on any atom is -0.493 e. The number of ether oxygens (including phenoxy) is 3. The van der Waals surface area contributed by atoms with Gasteiger partial charge in [0.05, 0.1) is 19.8 Å². The Morgan fingerprint density at radius 2 is 0.582 bits per heavy atom. The monoisotopic (exact) mass is 755 g/mol. The predicted octanol–water partition coefficient (Wildman–Crippen LogP) is 17.5. The van der Waals surface area contributed by atoms with Gasteiger partial charge in [-0.15, -0.1) is 0 Å². The lowest BCUT2D eigenvalue weighted by molar-refractivity contribution is 0.294. The van der Waals surface area contributed by atoms with Gasteiger partial charge in [0.2, 0.25) is 0 Å². The summed E-state index contributed by atoms with van der Waals surface area (Å²) in [6, 6.07) is 15.7. The predicted molar refractivity (Wildman–Crippen MR) is 242 cm³/mol. The van der Waals surface area contributed by atoms with Crippen molar-refractivity contribution < 1.29 is 14.2 Å². The maximum atomic E-state index is 6.65. The van der Waals surface area contributed by atoms with Gasteiger partial charge in [0.15, 0.2) is 0 Å². The highest BCUT2D eigenvalue weighted by atomic mass is 16.5.